The topological polar surface area (TPSA) is 26.3 Å². The van der Waals surface area contributed by atoms with Gasteiger partial charge in [0, 0.05) is 11.4 Å². The quantitative estimate of drug-likeness (QED) is 0.140. The van der Waals surface area contributed by atoms with Crippen LogP contribution in [0.25, 0.3) is 0 Å². The van der Waals surface area contributed by atoms with Gasteiger partial charge in [0.15, 0.2) is 0 Å². The van der Waals surface area contributed by atoms with Crippen LogP contribution in [-0.4, -0.2) is 17.9 Å². The molecule has 0 unspecified atom stereocenters. The molecule has 0 amide bonds. The molecule has 22 heavy (non-hydrogen) atoms. The smallest absolute Gasteiger partial charge is 0.330 e. The number of carbonyl (C=O) groups is 1. The molecule has 0 bridgehead atoms. The second kappa shape index (κ2) is 17.1. The summed E-state index contributed by atoms with van der Waals surface area (Å²) in [4.78, 5) is 11.8. The molecular formula is C19H35BrO2. The fourth-order valence-corrected chi connectivity index (χ4v) is 2.76. The predicted octanol–water partition coefficient (Wildman–Crippen LogP) is 6.57. The van der Waals surface area contributed by atoms with Crippen LogP contribution in [-0.2, 0) is 9.53 Å². The maximum Gasteiger partial charge on any atom is 0.330 e. The Balaban J connectivity index is 3.79. The lowest BCUT2D eigenvalue weighted by molar-refractivity contribution is -0.137. The summed E-state index contributed by atoms with van der Waals surface area (Å²) < 4.78 is 5.34. The van der Waals surface area contributed by atoms with Crippen LogP contribution in [0.5, 0.6) is 0 Å². The number of hydrogen-bond donors (Lipinski definition) is 0. The van der Waals surface area contributed by atoms with Crippen LogP contribution in [0.4, 0.5) is 0 Å². The molecule has 0 fully saturated rings. The molecule has 0 N–H and O–H groups in total. The second-order valence-electron chi connectivity index (χ2n) is 5.99. The Morgan fingerprint density at radius 3 is 1.95 bits per heavy atom. The Morgan fingerprint density at radius 1 is 0.864 bits per heavy atom. The Morgan fingerprint density at radius 2 is 1.41 bits per heavy atom. The molecule has 0 radical (unpaired) electrons. The number of halogens is 1. The highest BCUT2D eigenvalue weighted by Gasteiger charge is 2.03. The third-order valence-electron chi connectivity index (χ3n) is 3.80. The van der Waals surface area contributed by atoms with E-state index in [-0.39, 0.29) is 5.97 Å². The van der Waals surface area contributed by atoms with E-state index < -0.39 is 0 Å². The average molecular weight is 375 g/mol. The summed E-state index contributed by atoms with van der Waals surface area (Å²) in [6, 6.07) is 0. The van der Waals surface area contributed by atoms with Gasteiger partial charge in [-0.2, -0.15) is 0 Å². The van der Waals surface area contributed by atoms with Crippen molar-refractivity contribution in [3.8, 4) is 0 Å². The van der Waals surface area contributed by atoms with E-state index in [1.807, 2.05) is 0 Å². The van der Waals surface area contributed by atoms with Crippen molar-refractivity contribution >= 4 is 21.9 Å². The van der Waals surface area contributed by atoms with Gasteiger partial charge < -0.3 is 4.74 Å². The monoisotopic (exact) mass is 374 g/mol. The number of carbonyl (C=O) groups excluding carboxylic acids is 1. The summed E-state index contributed by atoms with van der Waals surface area (Å²) in [5, 5.41) is 1.11. The van der Waals surface area contributed by atoms with Gasteiger partial charge >= 0.3 is 5.97 Å². The molecule has 0 aromatic carbocycles. The number of unbranched alkanes of at least 4 members (excludes halogenated alkanes) is 7. The zero-order valence-corrected chi connectivity index (χ0v) is 16.3. The normalized spacial score (nSPS) is 10.5. The molecule has 3 heteroatoms. The van der Waals surface area contributed by atoms with Crippen molar-refractivity contribution in [2.24, 2.45) is 0 Å². The van der Waals surface area contributed by atoms with Crippen molar-refractivity contribution in [1.29, 1.82) is 0 Å². The molecule has 0 spiro atoms. The van der Waals surface area contributed by atoms with Gasteiger partial charge in [-0.15, -0.1) is 0 Å². The number of esters is 1. The summed E-state index contributed by atoms with van der Waals surface area (Å²) >= 11 is 3.45. The first kappa shape index (κ1) is 21.7. The highest BCUT2D eigenvalue weighted by atomic mass is 79.9. The van der Waals surface area contributed by atoms with E-state index in [0.717, 1.165) is 43.9 Å². The molecule has 0 saturated carbocycles. The highest BCUT2D eigenvalue weighted by Crippen LogP contribution is 2.15. The minimum atomic E-state index is -0.138. The molecule has 0 aliphatic carbocycles. The summed E-state index contributed by atoms with van der Waals surface area (Å²) in [5.41, 5.74) is 1.27. The Bertz CT molecular complexity index is 277. The van der Waals surface area contributed by atoms with Gasteiger partial charge in [0.2, 0.25) is 0 Å². The highest BCUT2D eigenvalue weighted by molar-refractivity contribution is 9.09. The van der Waals surface area contributed by atoms with Crippen molar-refractivity contribution in [2.45, 2.75) is 90.9 Å². The van der Waals surface area contributed by atoms with Crippen molar-refractivity contribution in [3.05, 3.63) is 11.6 Å². The van der Waals surface area contributed by atoms with Gasteiger partial charge in [-0.05, 0) is 38.5 Å². The van der Waals surface area contributed by atoms with E-state index in [1.165, 1.54) is 44.1 Å². The Hall–Kier alpha value is -0.310. The van der Waals surface area contributed by atoms with Gasteiger partial charge in [-0.1, -0.05) is 73.9 Å². The SMILES string of the molecule is CCCCC(=CC(=O)OCCCCCCCCBr)CCCC. The van der Waals surface area contributed by atoms with Crippen molar-refractivity contribution in [2.75, 3.05) is 11.9 Å². The van der Waals surface area contributed by atoms with Crippen molar-refractivity contribution < 1.29 is 9.53 Å². The number of ether oxygens (including phenoxy) is 1. The van der Waals surface area contributed by atoms with Crippen LogP contribution < -0.4 is 0 Å². The molecule has 0 saturated heterocycles. The molecule has 130 valence electrons. The van der Waals surface area contributed by atoms with E-state index in [9.17, 15) is 4.79 Å². The largest absolute Gasteiger partial charge is 0.463 e. The predicted molar refractivity (Wildman–Crippen MR) is 99.6 cm³/mol. The van der Waals surface area contributed by atoms with Gasteiger partial charge in [-0.3, -0.25) is 0 Å². The van der Waals surface area contributed by atoms with Gasteiger partial charge in [0.25, 0.3) is 0 Å². The van der Waals surface area contributed by atoms with E-state index in [4.69, 9.17) is 4.74 Å². The first-order valence-electron chi connectivity index (χ1n) is 9.16. The number of rotatable bonds is 15. The van der Waals surface area contributed by atoms with Gasteiger partial charge in [-0.25, -0.2) is 4.79 Å². The third kappa shape index (κ3) is 14.6. The van der Waals surface area contributed by atoms with Crippen LogP contribution in [0.3, 0.4) is 0 Å². The van der Waals surface area contributed by atoms with Crippen LogP contribution in [0, 0.1) is 0 Å². The minimum absolute atomic E-state index is 0.138. The Kier molecular flexibility index (Phi) is 16.8. The van der Waals surface area contributed by atoms with E-state index in [1.54, 1.807) is 6.08 Å². The Labute approximate surface area is 146 Å². The summed E-state index contributed by atoms with van der Waals surface area (Å²) in [6.45, 7) is 4.95. The molecule has 0 aromatic heterocycles. The van der Waals surface area contributed by atoms with E-state index in [0.29, 0.717) is 6.61 Å². The number of hydrogen-bond acceptors (Lipinski definition) is 2. The first-order valence-corrected chi connectivity index (χ1v) is 10.3. The van der Waals surface area contributed by atoms with Crippen LogP contribution in [0.1, 0.15) is 90.9 Å². The zero-order chi connectivity index (χ0) is 16.5. The second-order valence-corrected chi connectivity index (χ2v) is 6.78. The summed E-state index contributed by atoms with van der Waals surface area (Å²) in [7, 11) is 0. The van der Waals surface area contributed by atoms with Crippen LogP contribution in [0.2, 0.25) is 0 Å². The fourth-order valence-electron chi connectivity index (χ4n) is 2.36. The maximum atomic E-state index is 11.8. The van der Waals surface area contributed by atoms with Gasteiger partial charge in [0.05, 0.1) is 6.61 Å². The first-order chi connectivity index (χ1) is 10.7. The standard InChI is InChI=1S/C19H35BrO2/c1-3-5-13-18(14-6-4-2)17-19(21)22-16-12-10-8-7-9-11-15-20/h17H,3-16H2,1-2H3. The van der Waals surface area contributed by atoms with Crippen LogP contribution >= 0.6 is 15.9 Å². The lowest BCUT2D eigenvalue weighted by Gasteiger charge is -2.07. The summed E-state index contributed by atoms with van der Waals surface area (Å²) in [5.74, 6) is -0.138. The lowest BCUT2D eigenvalue weighted by Crippen LogP contribution is -2.04. The van der Waals surface area contributed by atoms with Gasteiger partial charge in [0.1, 0.15) is 0 Å². The average Bonchev–Trinajstić information content (AvgIpc) is 2.52. The molecular weight excluding hydrogens is 340 g/mol. The molecule has 0 aliphatic heterocycles. The molecule has 0 heterocycles. The lowest BCUT2D eigenvalue weighted by atomic mass is 10.0. The maximum absolute atomic E-state index is 11.8. The molecule has 0 atom stereocenters. The van der Waals surface area contributed by atoms with E-state index >= 15 is 0 Å². The third-order valence-corrected chi connectivity index (χ3v) is 4.36. The zero-order valence-electron chi connectivity index (χ0n) is 14.7. The minimum Gasteiger partial charge on any atom is -0.463 e. The van der Waals surface area contributed by atoms with E-state index in [2.05, 4.69) is 29.8 Å². The van der Waals surface area contributed by atoms with Crippen molar-refractivity contribution in [3.63, 3.8) is 0 Å². The molecule has 0 aliphatic rings. The van der Waals surface area contributed by atoms with Crippen LogP contribution in [0.15, 0.2) is 11.6 Å². The molecule has 0 rings (SSSR count). The fraction of sp³-hybridized carbons (Fsp3) is 0.842. The summed E-state index contributed by atoms with van der Waals surface area (Å²) in [6.07, 6.45) is 15.8. The molecule has 0 aromatic rings. The number of alkyl halides is 1. The van der Waals surface area contributed by atoms with Crippen molar-refractivity contribution in [1.82, 2.24) is 0 Å². The molecule has 2 nitrogen and oxygen atoms in total. The number of allylic oxidation sites excluding steroid dienone is 1.